The maximum atomic E-state index is 11.4. The molecule has 0 radical (unpaired) electrons. The maximum absolute atomic E-state index is 11.4. The largest absolute Gasteiger partial charge is 0.354 e. The minimum Gasteiger partial charge on any atom is -0.354 e. The summed E-state index contributed by atoms with van der Waals surface area (Å²) < 4.78 is 1.47. The van der Waals surface area contributed by atoms with Crippen molar-refractivity contribution in [1.29, 1.82) is 0 Å². The average Bonchev–Trinajstić information content (AvgIpc) is 2.55. The van der Waals surface area contributed by atoms with Gasteiger partial charge in [0.15, 0.2) is 0 Å². The van der Waals surface area contributed by atoms with E-state index < -0.39 is 4.92 Å². The van der Waals surface area contributed by atoms with E-state index in [4.69, 9.17) is 0 Å². The lowest BCUT2D eigenvalue weighted by Gasteiger charge is -2.08. The summed E-state index contributed by atoms with van der Waals surface area (Å²) in [4.78, 5) is 21.5. The lowest BCUT2D eigenvalue weighted by Crippen LogP contribution is -2.30. The molecule has 1 rings (SSSR count). The molecule has 1 aromatic heterocycles. The molecule has 0 saturated heterocycles. The first kappa shape index (κ1) is 13.1. The number of nitrogens with zero attached hydrogens (tertiary/aromatic N) is 3. The number of aryl methyl sites for hydroxylation is 1. The van der Waals surface area contributed by atoms with Gasteiger partial charge in [-0.25, -0.2) is 0 Å². The Hall–Kier alpha value is -1.92. The molecule has 0 fully saturated rings. The standard InChI is InChI=1S/C10H16N4O3/c1-7(2)12-10(15)4-5-13-8(3)9(6-11-13)14(16)17/h6-7H,4-5H2,1-3H3,(H,12,15). The first-order valence-corrected chi connectivity index (χ1v) is 5.38. The fraction of sp³-hybridized carbons (Fsp3) is 0.600. The molecule has 94 valence electrons. The van der Waals surface area contributed by atoms with Gasteiger partial charge in [0.1, 0.15) is 11.9 Å². The number of carbonyl (C=O) groups is 1. The minimum atomic E-state index is -0.479. The van der Waals surface area contributed by atoms with E-state index in [9.17, 15) is 14.9 Å². The van der Waals surface area contributed by atoms with Gasteiger partial charge >= 0.3 is 5.69 Å². The second-order valence-corrected chi connectivity index (χ2v) is 4.07. The fourth-order valence-corrected chi connectivity index (χ4v) is 1.44. The molecule has 1 amide bonds. The van der Waals surface area contributed by atoms with Gasteiger partial charge in [-0.15, -0.1) is 0 Å². The van der Waals surface area contributed by atoms with Gasteiger partial charge < -0.3 is 5.32 Å². The predicted octanol–water partition coefficient (Wildman–Crippen LogP) is 1.01. The van der Waals surface area contributed by atoms with Crippen molar-refractivity contribution in [2.45, 2.75) is 39.8 Å². The smallest absolute Gasteiger partial charge is 0.309 e. The summed E-state index contributed by atoms with van der Waals surface area (Å²) in [6.45, 7) is 5.72. The molecule has 0 aliphatic carbocycles. The van der Waals surface area contributed by atoms with Crippen LogP contribution in [0.3, 0.4) is 0 Å². The molecule has 0 bridgehead atoms. The number of rotatable bonds is 5. The zero-order valence-electron chi connectivity index (χ0n) is 10.1. The van der Waals surface area contributed by atoms with Crippen molar-refractivity contribution >= 4 is 11.6 Å². The number of carbonyl (C=O) groups excluding carboxylic acids is 1. The van der Waals surface area contributed by atoms with Gasteiger partial charge in [-0.3, -0.25) is 19.6 Å². The first-order valence-electron chi connectivity index (χ1n) is 5.38. The summed E-state index contributed by atoms with van der Waals surface area (Å²) in [6.07, 6.45) is 1.47. The van der Waals surface area contributed by atoms with Crippen LogP contribution in [-0.4, -0.2) is 26.7 Å². The van der Waals surface area contributed by atoms with Gasteiger partial charge in [-0.2, -0.15) is 5.10 Å². The Kier molecular flexibility index (Phi) is 4.19. The second-order valence-electron chi connectivity index (χ2n) is 4.07. The summed E-state index contributed by atoms with van der Waals surface area (Å²) in [7, 11) is 0. The second kappa shape index (κ2) is 5.42. The molecule has 7 nitrogen and oxygen atoms in total. The van der Waals surface area contributed by atoms with Crippen LogP contribution in [0.2, 0.25) is 0 Å². The summed E-state index contributed by atoms with van der Waals surface area (Å²) >= 11 is 0. The summed E-state index contributed by atoms with van der Waals surface area (Å²) in [6, 6.07) is 0.0931. The Morgan fingerprint density at radius 3 is 2.76 bits per heavy atom. The van der Waals surface area contributed by atoms with Crippen LogP contribution in [0.1, 0.15) is 26.0 Å². The Bertz CT molecular complexity index is 425. The highest BCUT2D eigenvalue weighted by Gasteiger charge is 2.16. The topological polar surface area (TPSA) is 90.1 Å². The molecule has 7 heteroatoms. The highest BCUT2D eigenvalue weighted by molar-refractivity contribution is 5.76. The molecule has 1 N–H and O–H groups in total. The average molecular weight is 240 g/mol. The van der Waals surface area contributed by atoms with E-state index in [0.717, 1.165) is 0 Å². The van der Waals surface area contributed by atoms with E-state index in [1.165, 1.54) is 10.9 Å². The van der Waals surface area contributed by atoms with E-state index in [0.29, 0.717) is 12.2 Å². The van der Waals surface area contributed by atoms with Crippen molar-refractivity contribution in [1.82, 2.24) is 15.1 Å². The molecule has 1 heterocycles. The van der Waals surface area contributed by atoms with E-state index in [1.54, 1.807) is 6.92 Å². The molecule has 0 aliphatic rings. The Balaban J connectivity index is 2.58. The van der Waals surface area contributed by atoms with E-state index in [1.807, 2.05) is 13.8 Å². The minimum absolute atomic E-state index is 0.0192. The third-order valence-electron chi connectivity index (χ3n) is 2.27. The molecule has 0 unspecified atom stereocenters. The van der Waals surface area contributed by atoms with Gasteiger partial charge in [0.2, 0.25) is 5.91 Å². The Morgan fingerprint density at radius 2 is 2.29 bits per heavy atom. The predicted molar refractivity (Wildman–Crippen MR) is 61.5 cm³/mol. The van der Waals surface area contributed by atoms with E-state index >= 15 is 0 Å². The lowest BCUT2D eigenvalue weighted by molar-refractivity contribution is -0.385. The van der Waals surface area contributed by atoms with Crippen LogP contribution in [0.15, 0.2) is 6.20 Å². The van der Waals surface area contributed by atoms with Crippen LogP contribution >= 0.6 is 0 Å². The van der Waals surface area contributed by atoms with Crippen molar-refractivity contribution in [3.63, 3.8) is 0 Å². The van der Waals surface area contributed by atoms with Crippen molar-refractivity contribution in [3.8, 4) is 0 Å². The van der Waals surface area contributed by atoms with Crippen LogP contribution in [-0.2, 0) is 11.3 Å². The van der Waals surface area contributed by atoms with Gasteiger partial charge in [-0.05, 0) is 20.8 Å². The molecular weight excluding hydrogens is 224 g/mol. The number of hydrogen-bond donors (Lipinski definition) is 1. The molecular formula is C10H16N4O3. The van der Waals surface area contributed by atoms with Crippen LogP contribution < -0.4 is 5.32 Å². The SMILES string of the molecule is Cc1c([N+](=O)[O-])cnn1CCC(=O)NC(C)C. The normalized spacial score (nSPS) is 10.6. The molecule has 17 heavy (non-hydrogen) atoms. The molecule has 0 spiro atoms. The maximum Gasteiger partial charge on any atom is 0.309 e. The number of amides is 1. The van der Waals surface area contributed by atoms with Crippen LogP contribution in [0.5, 0.6) is 0 Å². The third-order valence-corrected chi connectivity index (χ3v) is 2.27. The van der Waals surface area contributed by atoms with E-state index in [-0.39, 0.29) is 24.1 Å². The van der Waals surface area contributed by atoms with Crippen LogP contribution in [0, 0.1) is 17.0 Å². The molecule has 0 aliphatic heterocycles. The number of nitro groups is 1. The van der Waals surface area contributed by atoms with E-state index in [2.05, 4.69) is 10.4 Å². The highest BCUT2D eigenvalue weighted by atomic mass is 16.6. The molecule has 1 aromatic rings. The van der Waals surface area contributed by atoms with Crippen molar-refractivity contribution < 1.29 is 9.72 Å². The zero-order chi connectivity index (χ0) is 13.0. The monoisotopic (exact) mass is 240 g/mol. The molecule has 0 aromatic carbocycles. The van der Waals surface area contributed by atoms with Crippen LogP contribution in [0.4, 0.5) is 5.69 Å². The Labute approximate surface area is 99.0 Å². The number of aromatic nitrogens is 2. The zero-order valence-corrected chi connectivity index (χ0v) is 10.1. The third kappa shape index (κ3) is 3.54. The summed E-state index contributed by atoms with van der Waals surface area (Å²) in [5.41, 5.74) is 0.446. The van der Waals surface area contributed by atoms with Gasteiger partial charge in [0.25, 0.3) is 0 Å². The van der Waals surface area contributed by atoms with Crippen molar-refractivity contribution in [2.24, 2.45) is 0 Å². The highest BCUT2D eigenvalue weighted by Crippen LogP contribution is 2.16. The summed E-state index contributed by atoms with van der Waals surface area (Å²) in [5, 5.41) is 17.2. The number of hydrogen-bond acceptors (Lipinski definition) is 4. The van der Waals surface area contributed by atoms with Gasteiger partial charge in [0, 0.05) is 12.5 Å². The van der Waals surface area contributed by atoms with Crippen LogP contribution in [0.25, 0.3) is 0 Å². The van der Waals surface area contributed by atoms with Gasteiger partial charge in [-0.1, -0.05) is 0 Å². The Morgan fingerprint density at radius 1 is 1.65 bits per heavy atom. The van der Waals surface area contributed by atoms with Crippen molar-refractivity contribution in [3.05, 3.63) is 22.0 Å². The lowest BCUT2D eigenvalue weighted by atomic mass is 10.3. The quantitative estimate of drug-likeness (QED) is 0.614. The van der Waals surface area contributed by atoms with Gasteiger partial charge in [0.05, 0.1) is 11.5 Å². The fourth-order valence-electron chi connectivity index (χ4n) is 1.44. The molecule has 0 atom stereocenters. The van der Waals surface area contributed by atoms with Crippen molar-refractivity contribution in [2.75, 3.05) is 0 Å². The molecule has 0 saturated carbocycles. The summed E-state index contributed by atoms with van der Waals surface area (Å²) in [5.74, 6) is -0.0856. The number of nitrogens with one attached hydrogen (secondary N) is 1. The first-order chi connectivity index (χ1) is 7.91.